The molecule has 0 aromatic heterocycles. The Labute approximate surface area is 200 Å². The van der Waals surface area contributed by atoms with Gasteiger partial charge < -0.3 is 6.16 Å². The predicted molar refractivity (Wildman–Crippen MR) is 95.8 cm³/mol. The van der Waals surface area contributed by atoms with Crippen molar-refractivity contribution in [2.24, 2.45) is 28.6 Å². The van der Waals surface area contributed by atoms with Crippen LogP contribution in [0.25, 0.3) is 0 Å². The summed E-state index contributed by atoms with van der Waals surface area (Å²) in [5.74, 6) is 2.08. The summed E-state index contributed by atoms with van der Waals surface area (Å²) in [6.07, 6.45) is 14.3. The van der Waals surface area contributed by atoms with E-state index >= 15 is 0 Å². The second-order valence-corrected chi connectivity index (χ2v) is 9.60. The van der Waals surface area contributed by atoms with Gasteiger partial charge >= 0.3 is 57.4 Å². The van der Waals surface area contributed by atoms with Gasteiger partial charge in [0.1, 0.15) is 5.60 Å². The molecular weight excluding hydrogens is 351 g/mol. The fourth-order valence-electron chi connectivity index (χ4n) is 7.29. The van der Waals surface area contributed by atoms with Crippen LogP contribution < -0.4 is 51.4 Å². The zero-order valence-electron chi connectivity index (χ0n) is 17.3. The SMILES string of the molecule is C[C@]12CCC(=O)C=C1C=C[C@@H]1[C@@H]2CC[C@@]2(C)[C@H]1CC[C@@]21CCC(=O)O1.[H-].[K+]. The van der Waals surface area contributed by atoms with E-state index in [9.17, 15) is 9.59 Å². The summed E-state index contributed by atoms with van der Waals surface area (Å²) in [6, 6.07) is 0. The molecular formula is C22H29KO3. The molecule has 0 N–H and O–H groups in total. The molecule has 0 bridgehead atoms. The van der Waals surface area contributed by atoms with Crippen LogP contribution in [-0.2, 0) is 14.3 Å². The Hall–Kier alpha value is 0.256. The quantitative estimate of drug-likeness (QED) is 0.472. The Kier molecular flexibility index (Phi) is 4.80. The Morgan fingerprint density at radius 3 is 2.54 bits per heavy atom. The smallest absolute Gasteiger partial charge is 1.00 e. The van der Waals surface area contributed by atoms with Crippen molar-refractivity contribution in [1.29, 1.82) is 0 Å². The second kappa shape index (κ2) is 6.38. The Morgan fingerprint density at radius 2 is 1.81 bits per heavy atom. The van der Waals surface area contributed by atoms with Gasteiger partial charge in [-0.05, 0) is 73.3 Å². The molecule has 5 rings (SSSR count). The van der Waals surface area contributed by atoms with Crippen LogP contribution in [0.5, 0.6) is 0 Å². The normalized spacial score (nSPS) is 49.0. The van der Waals surface area contributed by atoms with E-state index in [2.05, 4.69) is 26.0 Å². The third kappa shape index (κ3) is 2.44. The van der Waals surface area contributed by atoms with Gasteiger partial charge in [-0.15, -0.1) is 0 Å². The summed E-state index contributed by atoms with van der Waals surface area (Å²) in [4.78, 5) is 23.8. The van der Waals surface area contributed by atoms with E-state index in [-0.39, 0.29) is 81.0 Å². The number of rotatable bonds is 0. The predicted octanol–water partition coefficient (Wildman–Crippen LogP) is 1.49. The van der Waals surface area contributed by atoms with Crippen LogP contribution in [-0.4, -0.2) is 17.4 Å². The van der Waals surface area contributed by atoms with E-state index in [0.717, 1.165) is 25.7 Å². The van der Waals surface area contributed by atoms with Crippen molar-refractivity contribution < 1.29 is 67.1 Å². The number of fused-ring (bicyclic) bond motifs is 6. The van der Waals surface area contributed by atoms with Gasteiger partial charge in [-0.2, -0.15) is 0 Å². The average Bonchev–Trinajstić information content (AvgIpc) is 3.10. The molecule has 1 saturated heterocycles. The Bertz CT molecular complexity index is 731. The molecule has 0 radical (unpaired) electrons. The van der Waals surface area contributed by atoms with E-state index in [1.807, 2.05) is 6.08 Å². The first-order valence-corrected chi connectivity index (χ1v) is 10.0. The number of esters is 1. The van der Waals surface area contributed by atoms with E-state index in [4.69, 9.17) is 4.74 Å². The molecule has 3 fully saturated rings. The molecule has 1 heterocycles. The zero-order chi connectivity index (χ0) is 17.4. The van der Waals surface area contributed by atoms with Gasteiger partial charge in [0.2, 0.25) is 0 Å². The van der Waals surface area contributed by atoms with Gasteiger partial charge in [0.15, 0.2) is 5.78 Å². The number of hydrogen-bond donors (Lipinski definition) is 0. The van der Waals surface area contributed by atoms with E-state index < -0.39 is 0 Å². The molecule has 4 aliphatic carbocycles. The molecule has 0 unspecified atom stereocenters. The minimum Gasteiger partial charge on any atom is -1.00 e. The summed E-state index contributed by atoms with van der Waals surface area (Å²) in [5, 5.41) is 0. The number of hydrogen-bond acceptors (Lipinski definition) is 3. The monoisotopic (exact) mass is 380 g/mol. The Balaban J connectivity index is 0.00000105. The van der Waals surface area contributed by atoms with Crippen LogP contribution >= 0.6 is 0 Å². The van der Waals surface area contributed by atoms with E-state index in [1.165, 1.54) is 18.4 Å². The maximum absolute atomic E-state index is 11.9. The van der Waals surface area contributed by atoms with Crippen molar-refractivity contribution in [2.45, 2.75) is 70.8 Å². The van der Waals surface area contributed by atoms with Gasteiger partial charge in [0.25, 0.3) is 0 Å². The van der Waals surface area contributed by atoms with Crippen LogP contribution in [0.15, 0.2) is 23.8 Å². The minimum atomic E-state index is -0.201. The first-order chi connectivity index (χ1) is 11.9. The molecule has 0 aromatic carbocycles. The Morgan fingerprint density at radius 1 is 1.04 bits per heavy atom. The van der Waals surface area contributed by atoms with Crippen molar-refractivity contribution in [3.05, 3.63) is 23.8 Å². The van der Waals surface area contributed by atoms with Gasteiger partial charge in [-0.3, -0.25) is 9.59 Å². The maximum Gasteiger partial charge on any atom is 1.00 e. The third-order valence-electron chi connectivity index (χ3n) is 8.85. The van der Waals surface area contributed by atoms with E-state index in [1.54, 1.807) is 0 Å². The van der Waals surface area contributed by atoms with Crippen molar-refractivity contribution >= 4 is 11.8 Å². The summed E-state index contributed by atoms with van der Waals surface area (Å²) >= 11 is 0. The molecule has 1 aliphatic heterocycles. The first kappa shape index (κ1) is 19.6. The fraction of sp³-hybridized carbons (Fsp3) is 0.727. The van der Waals surface area contributed by atoms with Crippen molar-refractivity contribution in [2.75, 3.05) is 0 Å². The molecule has 0 aromatic rings. The molecule has 2 saturated carbocycles. The first-order valence-electron chi connectivity index (χ1n) is 10.0. The number of carbonyl (C=O) groups is 2. The molecule has 3 nitrogen and oxygen atoms in total. The number of carbonyl (C=O) groups excluding carboxylic acids is 2. The summed E-state index contributed by atoms with van der Waals surface area (Å²) in [5.41, 5.74) is 1.32. The minimum absolute atomic E-state index is 0. The molecule has 0 amide bonds. The fourth-order valence-corrected chi connectivity index (χ4v) is 7.29. The van der Waals surface area contributed by atoms with Crippen molar-refractivity contribution in [1.82, 2.24) is 0 Å². The molecule has 136 valence electrons. The largest absolute Gasteiger partial charge is 1.00 e. The summed E-state index contributed by atoms with van der Waals surface area (Å²) in [6.45, 7) is 4.78. The van der Waals surface area contributed by atoms with Gasteiger partial charge in [-0.1, -0.05) is 26.0 Å². The van der Waals surface area contributed by atoms with Crippen LogP contribution in [0.4, 0.5) is 0 Å². The van der Waals surface area contributed by atoms with Gasteiger partial charge in [-0.25, -0.2) is 0 Å². The topological polar surface area (TPSA) is 43.4 Å². The molecule has 1 spiro atoms. The van der Waals surface area contributed by atoms with Crippen LogP contribution in [0.1, 0.15) is 66.6 Å². The van der Waals surface area contributed by atoms with Crippen LogP contribution in [0, 0.1) is 28.6 Å². The standard InChI is InChI=1S/C22H28O3.K.H/c1-20-9-5-15(23)13-14(20)3-4-16-17(20)6-10-21(2)18(16)7-11-22(21)12-8-19(24)25-22;;/h3-4,13,16-18H,5-12H2,1-2H3;;/q;+1;-1/t16-,17+,18+,20+,21+,22-;;/m1../s1. The van der Waals surface area contributed by atoms with Crippen LogP contribution in [0.3, 0.4) is 0 Å². The third-order valence-corrected chi connectivity index (χ3v) is 8.85. The number of allylic oxidation sites excluding steroid dienone is 4. The molecule has 6 atom stereocenters. The van der Waals surface area contributed by atoms with Crippen LogP contribution in [0.2, 0.25) is 0 Å². The average molecular weight is 381 g/mol. The number of ether oxygens (including phenoxy) is 1. The van der Waals surface area contributed by atoms with Gasteiger partial charge in [0, 0.05) is 18.3 Å². The van der Waals surface area contributed by atoms with Crippen molar-refractivity contribution in [3.63, 3.8) is 0 Å². The molecule has 4 heteroatoms. The second-order valence-electron chi connectivity index (χ2n) is 9.60. The summed E-state index contributed by atoms with van der Waals surface area (Å²) in [7, 11) is 0. The van der Waals surface area contributed by atoms with E-state index in [0.29, 0.717) is 30.6 Å². The maximum atomic E-state index is 11.9. The molecule has 26 heavy (non-hydrogen) atoms. The van der Waals surface area contributed by atoms with Gasteiger partial charge in [0.05, 0.1) is 0 Å². The summed E-state index contributed by atoms with van der Waals surface area (Å²) < 4.78 is 5.99. The number of ketones is 1. The molecule has 5 aliphatic rings. The van der Waals surface area contributed by atoms with Crippen molar-refractivity contribution in [3.8, 4) is 0 Å². The zero-order valence-corrected chi connectivity index (χ0v) is 19.5.